The van der Waals surface area contributed by atoms with Gasteiger partial charge in [0.25, 0.3) is 5.91 Å². The van der Waals surface area contributed by atoms with Crippen molar-refractivity contribution < 1.29 is 14.3 Å². The third-order valence-corrected chi connectivity index (χ3v) is 6.18. The number of thiophene rings is 1. The van der Waals surface area contributed by atoms with Crippen LogP contribution in [0.3, 0.4) is 0 Å². The van der Waals surface area contributed by atoms with Crippen molar-refractivity contribution in [1.29, 1.82) is 0 Å². The van der Waals surface area contributed by atoms with Crippen LogP contribution in [-0.2, 0) is 9.53 Å². The smallest absolute Gasteiger partial charge is 0.348 e. The lowest BCUT2D eigenvalue weighted by Gasteiger charge is -2.12. The lowest BCUT2D eigenvalue weighted by molar-refractivity contribution is -0.124. The molecule has 0 aliphatic heterocycles. The fraction of sp³-hybridized carbons (Fsp3) is 0.350. The van der Waals surface area contributed by atoms with Crippen LogP contribution in [0.5, 0.6) is 0 Å². The lowest BCUT2D eigenvalue weighted by Crippen LogP contribution is -2.37. The van der Waals surface area contributed by atoms with Gasteiger partial charge in [0.1, 0.15) is 9.71 Å². The average molecular weight is 418 g/mol. The Labute approximate surface area is 171 Å². The summed E-state index contributed by atoms with van der Waals surface area (Å²) in [6, 6.07) is 9.25. The molecular formula is C20H20ClN3O3S. The molecule has 28 heavy (non-hydrogen) atoms. The van der Waals surface area contributed by atoms with Gasteiger partial charge in [0, 0.05) is 16.5 Å². The fourth-order valence-corrected chi connectivity index (χ4v) is 4.40. The Morgan fingerprint density at radius 1 is 1.39 bits per heavy atom. The zero-order chi connectivity index (χ0) is 19.8. The van der Waals surface area contributed by atoms with Crippen molar-refractivity contribution >= 4 is 45.0 Å². The number of benzene rings is 1. The minimum absolute atomic E-state index is 0.127. The molecule has 1 aromatic carbocycles. The molecule has 0 bridgehead atoms. The summed E-state index contributed by atoms with van der Waals surface area (Å²) in [5.41, 5.74) is 1.63. The standard InChI is InChI=1S/C20H20ClN3O3S/c1-11(13-6-7-13)22-18(25)10-27-20(26)17-9-16-12(2)23-24(19(16)28-17)15-5-3-4-14(21)8-15/h3-5,8-9,11,13H,6-7,10H2,1-2H3,(H,22,25)/t11-/m0/s1. The molecule has 1 fully saturated rings. The van der Waals surface area contributed by atoms with Gasteiger partial charge in [0.2, 0.25) is 0 Å². The van der Waals surface area contributed by atoms with E-state index in [9.17, 15) is 9.59 Å². The molecule has 1 N–H and O–H groups in total. The molecule has 6 nitrogen and oxygen atoms in total. The molecule has 1 saturated carbocycles. The molecule has 8 heteroatoms. The minimum Gasteiger partial charge on any atom is -0.451 e. The molecule has 2 aromatic heterocycles. The van der Waals surface area contributed by atoms with E-state index in [0.717, 1.165) is 34.4 Å². The Bertz CT molecular complexity index is 1050. The third kappa shape index (κ3) is 3.91. The highest BCUT2D eigenvalue weighted by Crippen LogP contribution is 2.32. The second-order valence-corrected chi connectivity index (χ2v) is 8.54. The van der Waals surface area contributed by atoms with Gasteiger partial charge in [-0.3, -0.25) is 4.79 Å². The quantitative estimate of drug-likeness (QED) is 0.612. The summed E-state index contributed by atoms with van der Waals surface area (Å²) in [7, 11) is 0. The number of ether oxygens (including phenoxy) is 1. The van der Waals surface area contributed by atoms with E-state index in [0.29, 0.717) is 15.8 Å². The van der Waals surface area contributed by atoms with Crippen molar-refractivity contribution in [1.82, 2.24) is 15.1 Å². The van der Waals surface area contributed by atoms with Gasteiger partial charge in [-0.2, -0.15) is 5.10 Å². The van der Waals surface area contributed by atoms with Crippen LogP contribution >= 0.6 is 22.9 Å². The predicted octanol–water partition coefficient (Wildman–Crippen LogP) is 4.12. The monoisotopic (exact) mass is 417 g/mol. The summed E-state index contributed by atoms with van der Waals surface area (Å²) in [6.07, 6.45) is 2.29. The highest BCUT2D eigenvalue weighted by atomic mass is 35.5. The maximum atomic E-state index is 12.4. The van der Waals surface area contributed by atoms with Gasteiger partial charge in [0.15, 0.2) is 6.61 Å². The first-order valence-electron chi connectivity index (χ1n) is 9.14. The van der Waals surface area contributed by atoms with Gasteiger partial charge in [0.05, 0.1) is 11.4 Å². The summed E-state index contributed by atoms with van der Waals surface area (Å²) in [6.45, 7) is 3.59. The van der Waals surface area contributed by atoms with Crippen molar-refractivity contribution in [3.8, 4) is 5.69 Å². The van der Waals surface area contributed by atoms with Crippen molar-refractivity contribution in [2.75, 3.05) is 6.61 Å². The molecule has 0 radical (unpaired) electrons. The van der Waals surface area contributed by atoms with Gasteiger partial charge in [-0.1, -0.05) is 17.7 Å². The number of carbonyl (C=O) groups is 2. The van der Waals surface area contributed by atoms with Gasteiger partial charge in [-0.25, -0.2) is 9.48 Å². The number of nitrogens with one attached hydrogen (secondary N) is 1. The molecule has 2 heterocycles. The van der Waals surface area contributed by atoms with Crippen LogP contribution in [0.25, 0.3) is 15.9 Å². The highest BCUT2D eigenvalue weighted by Gasteiger charge is 2.29. The Kier molecular flexibility index (Phi) is 5.12. The number of carbonyl (C=O) groups excluding carboxylic acids is 2. The first kappa shape index (κ1) is 19.0. The second kappa shape index (κ2) is 7.56. The lowest BCUT2D eigenvalue weighted by atomic mass is 10.2. The number of fused-ring (bicyclic) bond motifs is 1. The molecule has 0 spiro atoms. The molecular weight excluding hydrogens is 398 g/mol. The van der Waals surface area contributed by atoms with Crippen molar-refractivity contribution in [3.05, 3.63) is 45.9 Å². The molecule has 4 rings (SSSR count). The molecule has 3 aromatic rings. The number of hydrogen-bond acceptors (Lipinski definition) is 5. The number of aryl methyl sites for hydroxylation is 1. The number of halogens is 1. The summed E-state index contributed by atoms with van der Waals surface area (Å²) < 4.78 is 6.97. The Morgan fingerprint density at radius 3 is 2.89 bits per heavy atom. The largest absolute Gasteiger partial charge is 0.451 e. The van der Waals surface area contributed by atoms with Crippen molar-refractivity contribution in [2.45, 2.75) is 32.7 Å². The summed E-state index contributed by atoms with van der Waals surface area (Å²) >= 11 is 7.37. The number of rotatable bonds is 6. The zero-order valence-electron chi connectivity index (χ0n) is 15.6. The molecule has 1 atom stereocenters. The zero-order valence-corrected chi connectivity index (χ0v) is 17.1. The SMILES string of the molecule is Cc1nn(-c2cccc(Cl)c2)c2sc(C(=O)OCC(=O)N[C@@H](C)C3CC3)cc12. The summed E-state index contributed by atoms with van der Waals surface area (Å²) in [5.74, 6) is -0.220. The Hall–Kier alpha value is -2.38. The maximum absolute atomic E-state index is 12.4. The van der Waals surface area contributed by atoms with Gasteiger partial charge < -0.3 is 10.1 Å². The van der Waals surface area contributed by atoms with Crippen LogP contribution < -0.4 is 5.32 Å². The first-order chi connectivity index (χ1) is 13.4. The normalized spacial score (nSPS) is 14.8. The molecule has 1 aliphatic carbocycles. The third-order valence-electron chi connectivity index (χ3n) is 4.85. The van der Waals surface area contributed by atoms with Crippen LogP contribution in [0, 0.1) is 12.8 Å². The van der Waals surface area contributed by atoms with Crippen LogP contribution in [0.4, 0.5) is 0 Å². The number of amides is 1. The Morgan fingerprint density at radius 2 is 2.18 bits per heavy atom. The predicted molar refractivity (Wildman–Crippen MR) is 109 cm³/mol. The Balaban J connectivity index is 1.49. The van der Waals surface area contributed by atoms with E-state index in [1.807, 2.05) is 32.0 Å². The first-order valence-corrected chi connectivity index (χ1v) is 10.3. The van der Waals surface area contributed by atoms with E-state index in [2.05, 4.69) is 10.4 Å². The van der Waals surface area contributed by atoms with E-state index in [1.165, 1.54) is 11.3 Å². The number of aromatic nitrogens is 2. The van der Waals surface area contributed by atoms with E-state index in [-0.39, 0.29) is 18.6 Å². The van der Waals surface area contributed by atoms with E-state index < -0.39 is 5.97 Å². The number of esters is 1. The number of hydrogen-bond donors (Lipinski definition) is 1. The molecule has 0 saturated heterocycles. The van der Waals surface area contributed by atoms with Crippen LogP contribution in [0.1, 0.15) is 35.1 Å². The topological polar surface area (TPSA) is 73.2 Å². The summed E-state index contributed by atoms with van der Waals surface area (Å²) in [4.78, 5) is 25.6. The van der Waals surface area contributed by atoms with Crippen molar-refractivity contribution in [2.24, 2.45) is 5.92 Å². The van der Waals surface area contributed by atoms with Crippen LogP contribution in [0.2, 0.25) is 5.02 Å². The second-order valence-electron chi connectivity index (χ2n) is 7.08. The number of nitrogens with zero attached hydrogens (tertiary/aromatic N) is 2. The maximum Gasteiger partial charge on any atom is 0.348 e. The molecule has 1 amide bonds. The van der Waals surface area contributed by atoms with Gasteiger partial charge in [-0.15, -0.1) is 11.3 Å². The average Bonchev–Trinajstić information content (AvgIpc) is 3.35. The van der Waals surface area contributed by atoms with E-state index in [4.69, 9.17) is 16.3 Å². The minimum atomic E-state index is -0.507. The summed E-state index contributed by atoms with van der Waals surface area (Å²) in [5, 5.41) is 8.91. The van der Waals surface area contributed by atoms with Gasteiger partial charge >= 0.3 is 5.97 Å². The van der Waals surface area contributed by atoms with E-state index >= 15 is 0 Å². The van der Waals surface area contributed by atoms with Crippen molar-refractivity contribution in [3.63, 3.8) is 0 Å². The molecule has 146 valence electrons. The molecule has 1 aliphatic rings. The van der Waals surface area contributed by atoms with Crippen LogP contribution in [-0.4, -0.2) is 34.3 Å². The fourth-order valence-electron chi connectivity index (χ4n) is 3.14. The molecule has 0 unspecified atom stereocenters. The van der Waals surface area contributed by atoms with E-state index in [1.54, 1.807) is 16.8 Å². The van der Waals surface area contributed by atoms with Gasteiger partial charge in [-0.05, 0) is 56.9 Å². The highest BCUT2D eigenvalue weighted by molar-refractivity contribution is 7.20. The van der Waals surface area contributed by atoms with Crippen LogP contribution in [0.15, 0.2) is 30.3 Å².